The normalized spacial score (nSPS) is 11.1. The van der Waals surface area contributed by atoms with Crippen molar-refractivity contribution in [3.63, 3.8) is 0 Å². The van der Waals surface area contributed by atoms with Crippen LogP contribution in [0.25, 0.3) is 17.4 Å². The molecule has 0 bridgehead atoms. The van der Waals surface area contributed by atoms with Gasteiger partial charge in [-0.05, 0) is 54.6 Å². The average molecular weight is 427 g/mol. The van der Waals surface area contributed by atoms with E-state index in [1.807, 2.05) is 0 Å². The molecule has 132 valence electrons. The van der Waals surface area contributed by atoms with Gasteiger partial charge in [-0.15, -0.1) is 0 Å². The molecule has 0 spiro atoms. The van der Waals surface area contributed by atoms with Gasteiger partial charge in [-0.2, -0.15) is 0 Å². The van der Waals surface area contributed by atoms with Gasteiger partial charge in [0.15, 0.2) is 0 Å². The van der Waals surface area contributed by atoms with Gasteiger partial charge in [0.2, 0.25) is 5.91 Å². The second-order valence-corrected chi connectivity index (χ2v) is 7.00. The minimum absolute atomic E-state index is 0.327. The minimum atomic E-state index is -0.327. The number of amides is 1. The van der Waals surface area contributed by atoms with Gasteiger partial charge in [0, 0.05) is 27.4 Å². The lowest BCUT2D eigenvalue weighted by atomic mass is 10.2. The zero-order valence-electron chi connectivity index (χ0n) is 13.1. The van der Waals surface area contributed by atoms with E-state index in [0.717, 1.165) is 5.56 Å². The van der Waals surface area contributed by atoms with Crippen molar-refractivity contribution in [1.29, 1.82) is 0 Å². The minimum Gasteiger partial charge on any atom is -0.457 e. The van der Waals surface area contributed by atoms with Crippen molar-refractivity contribution in [3.8, 4) is 11.3 Å². The largest absolute Gasteiger partial charge is 0.457 e. The van der Waals surface area contributed by atoms with E-state index in [0.29, 0.717) is 37.3 Å². The molecule has 0 atom stereocenters. The van der Waals surface area contributed by atoms with Crippen LogP contribution in [0.15, 0.2) is 59.0 Å². The van der Waals surface area contributed by atoms with E-state index < -0.39 is 0 Å². The molecule has 0 aliphatic rings. The summed E-state index contributed by atoms with van der Waals surface area (Å²) >= 11 is 23.8. The fourth-order valence-electron chi connectivity index (χ4n) is 2.21. The number of benzene rings is 2. The molecule has 3 rings (SSSR count). The van der Waals surface area contributed by atoms with E-state index in [2.05, 4.69) is 5.32 Å². The summed E-state index contributed by atoms with van der Waals surface area (Å²) in [5.41, 5.74) is 1.30. The number of hydrogen-bond donors (Lipinski definition) is 1. The topological polar surface area (TPSA) is 42.2 Å². The highest BCUT2D eigenvalue weighted by Crippen LogP contribution is 2.29. The first-order valence-electron chi connectivity index (χ1n) is 7.41. The Bertz CT molecular complexity index is 975. The summed E-state index contributed by atoms with van der Waals surface area (Å²) in [5, 5.41) is 4.51. The van der Waals surface area contributed by atoms with Crippen LogP contribution >= 0.6 is 46.4 Å². The smallest absolute Gasteiger partial charge is 0.248 e. The Kier molecular flexibility index (Phi) is 5.94. The molecule has 0 radical (unpaired) electrons. The Hall–Kier alpha value is -1.91. The lowest BCUT2D eigenvalue weighted by Crippen LogP contribution is -2.07. The van der Waals surface area contributed by atoms with Crippen LogP contribution in [-0.4, -0.2) is 5.91 Å². The molecule has 0 aliphatic heterocycles. The molecule has 1 amide bonds. The van der Waals surface area contributed by atoms with Crippen LogP contribution in [0, 0.1) is 0 Å². The summed E-state index contributed by atoms with van der Waals surface area (Å²) in [4.78, 5) is 12.0. The average Bonchev–Trinajstić information content (AvgIpc) is 3.05. The zero-order chi connectivity index (χ0) is 18.7. The van der Waals surface area contributed by atoms with Gasteiger partial charge in [0.1, 0.15) is 11.5 Å². The molecule has 7 heteroatoms. The number of carbonyl (C=O) groups is 1. The highest BCUT2D eigenvalue weighted by Gasteiger charge is 2.07. The first-order chi connectivity index (χ1) is 12.4. The van der Waals surface area contributed by atoms with E-state index in [1.54, 1.807) is 54.6 Å². The third-order valence-electron chi connectivity index (χ3n) is 3.36. The molecule has 3 nitrogen and oxygen atoms in total. The van der Waals surface area contributed by atoms with Crippen molar-refractivity contribution >= 4 is 64.1 Å². The third kappa shape index (κ3) is 4.83. The molecule has 0 saturated heterocycles. The molecule has 1 heterocycles. The fraction of sp³-hybridized carbons (Fsp3) is 0. The number of nitrogens with one attached hydrogen (secondary N) is 1. The van der Waals surface area contributed by atoms with Gasteiger partial charge < -0.3 is 9.73 Å². The van der Waals surface area contributed by atoms with Crippen LogP contribution in [0.4, 0.5) is 5.69 Å². The SMILES string of the molecule is O=C(C=Cc1ccc(-c2cc(Cl)cc(Cl)c2)o1)Nc1ccc(Cl)c(Cl)c1. The van der Waals surface area contributed by atoms with Gasteiger partial charge in [0.25, 0.3) is 0 Å². The Labute approximate surface area is 170 Å². The quantitative estimate of drug-likeness (QED) is 0.447. The molecule has 26 heavy (non-hydrogen) atoms. The van der Waals surface area contributed by atoms with Gasteiger partial charge >= 0.3 is 0 Å². The molecule has 2 aromatic carbocycles. The first-order valence-corrected chi connectivity index (χ1v) is 8.92. The van der Waals surface area contributed by atoms with E-state index >= 15 is 0 Å². The number of furan rings is 1. The maximum Gasteiger partial charge on any atom is 0.248 e. The summed E-state index contributed by atoms with van der Waals surface area (Å²) in [6.45, 7) is 0. The van der Waals surface area contributed by atoms with Crippen molar-refractivity contribution in [2.45, 2.75) is 0 Å². The molecule has 1 aromatic heterocycles. The van der Waals surface area contributed by atoms with Gasteiger partial charge in [-0.25, -0.2) is 0 Å². The molecular weight excluding hydrogens is 416 g/mol. The van der Waals surface area contributed by atoms with Gasteiger partial charge in [0.05, 0.1) is 10.0 Å². The molecule has 0 unspecified atom stereocenters. The summed E-state index contributed by atoms with van der Waals surface area (Å²) < 4.78 is 5.69. The van der Waals surface area contributed by atoms with Crippen LogP contribution in [0.5, 0.6) is 0 Å². The zero-order valence-corrected chi connectivity index (χ0v) is 16.1. The predicted molar refractivity (Wildman–Crippen MR) is 108 cm³/mol. The highest BCUT2D eigenvalue weighted by molar-refractivity contribution is 6.42. The number of rotatable bonds is 4. The van der Waals surface area contributed by atoms with Crippen molar-refractivity contribution in [1.82, 2.24) is 0 Å². The van der Waals surface area contributed by atoms with E-state index in [-0.39, 0.29) is 5.91 Å². The maximum absolute atomic E-state index is 12.0. The van der Waals surface area contributed by atoms with E-state index in [4.69, 9.17) is 50.8 Å². The van der Waals surface area contributed by atoms with Crippen LogP contribution < -0.4 is 5.32 Å². The molecule has 3 aromatic rings. The monoisotopic (exact) mass is 425 g/mol. The highest BCUT2D eigenvalue weighted by atomic mass is 35.5. The van der Waals surface area contributed by atoms with Crippen LogP contribution in [0.1, 0.15) is 5.76 Å². The lowest BCUT2D eigenvalue weighted by Gasteiger charge is -2.03. The van der Waals surface area contributed by atoms with Crippen LogP contribution in [0.3, 0.4) is 0 Å². The van der Waals surface area contributed by atoms with Crippen LogP contribution in [-0.2, 0) is 4.79 Å². The molecular formula is C19H11Cl4NO2. The third-order valence-corrected chi connectivity index (χ3v) is 4.54. The fourth-order valence-corrected chi connectivity index (χ4v) is 3.03. The predicted octanol–water partition coefficient (Wildman–Crippen LogP) is 7.21. The second kappa shape index (κ2) is 8.19. The van der Waals surface area contributed by atoms with Crippen molar-refractivity contribution in [3.05, 3.63) is 80.5 Å². The second-order valence-electron chi connectivity index (χ2n) is 5.31. The number of anilines is 1. The Morgan fingerprint density at radius 2 is 1.62 bits per heavy atom. The van der Waals surface area contributed by atoms with E-state index in [1.165, 1.54) is 6.08 Å². The maximum atomic E-state index is 12.0. The number of carbonyl (C=O) groups excluding carboxylic acids is 1. The van der Waals surface area contributed by atoms with Crippen LogP contribution in [0.2, 0.25) is 20.1 Å². The summed E-state index contributed by atoms with van der Waals surface area (Å²) in [6, 6.07) is 13.5. The first kappa shape index (κ1) is 18.9. The standard InChI is InChI=1S/C19H11Cl4NO2/c20-12-7-11(8-13(21)9-12)18-5-2-15(26-18)3-6-19(25)24-14-1-4-16(22)17(23)10-14/h1-10H,(H,24,25). The summed E-state index contributed by atoms with van der Waals surface area (Å²) in [5.74, 6) is 0.784. The van der Waals surface area contributed by atoms with Gasteiger partial charge in [-0.3, -0.25) is 4.79 Å². The summed E-state index contributed by atoms with van der Waals surface area (Å²) in [6.07, 6.45) is 2.92. The van der Waals surface area contributed by atoms with Gasteiger partial charge in [-0.1, -0.05) is 46.4 Å². The number of hydrogen-bond acceptors (Lipinski definition) is 2. The van der Waals surface area contributed by atoms with Crippen molar-refractivity contribution < 1.29 is 9.21 Å². The Morgan fingerprint density at radius 3 is 2.31 bits per heavy atom. The number of halogens is 4. The Balaban J connectivity index is 1.69. The lowest BCUT2D eigenvalue weighted by molar-refractivity contribution is -0.111. The summed E-state index contributed by atoms with van der Waals surface area (Å²) in [7, 11) is 0. The van der Waals surface area contributed by atoms with E-state index in [9.17, 15) is 4.79 Å². The Morgan fingerprint density at radius 1 is 0.885 bits per heavy atom. The molecule has 0 aliphatic carbocycles. The molecule has 1 N–H and O–H groups in total. The molecule has 0 fully saturated rings. The van der Waals surface area contributed by atoms with Crippen molar-refractivity contribution in [2.24, 2.45) is 0 Å². The molecule has 0 saturated carbocycles. The van der Waals surface area contributed by atoms with Crippen molar-refractivity contribution in [2.75, 3.05) is 5.32 Å².